The summed E-state index contributed by atoms with van der Waals surface area (Å²) < 4.78 is 5.66. The van der Waals surface area contributed by atoms with Crippen LogP contribution in [0.3, 0.4) is 0 Å². The van der Waals surface area contributed by atoms with E-state index in [-0.39, 0.29) is 24.1 Å². The summed E-state index contributed by atoms with van der Waals surface area (Å²) in [7, 11) is 1.63. The number of benzene rings is 1. The SMILES string of the molecule is COCCNc1nnc(SCC(=O)N2CC(=O)Nc3ccccc32)s1. The van der Waals surface area contributed by atoms with Crippen LogP contribution in [0.1, 0.15) is 0 Å². The van der Waals surface area contributed by atoms with Gasteiger partial charge in [-0.2, -0.15) is 0 Å². The van der Waals surface area contributed by atoms with Crippen LogP contribution in [0.5, 0.6) is 0 Å². The number of carbonyl (C=O) groups is 2. The van der Waals surface area contributed by atoms with Gasteiger partial charge in [0.05, 0.1) is 23.7 Å². The summed E-state index contributed by atoms with van der Waals surface area (Å²) in [5.41, 5.74) is 1.37. The molecule has 25 heavy (non-hydrogen) atoms. The van der Waals surface area contributed by atoms with Crippen molar-refractivity contribution < 1.29 is 14.3 Å². The molecule has 132 valence electrons. The lowest BCUT2D eigenvalue weighted by Crippen LogP contribution is -2.43. The summed E-state index contributed by atoms with van der Waals surface area (Å²) in [6, 6.07) is 7.26. The molecule has 2 N–H and O–H groups in total. The molecule has 1 aromatic heterocycles. The van der Waals surface area contributed by atoms with Crippen molar-refractivity contribution >= 4 is 51.4 Å². The zero-order valence-corrected chi connectivity index (χ0v) is 15.2. The fourth-order valence-electron chi connectivity index (χ4n) is 2.26. The molecule has 10 heteroatoms. The number of thioether (sulfide) groups is 1. The molecule has 1 aromatic carbocycles. The van der Waals surface area contributed by atoms with Gasteiger partial charge in [-0.15, -0.1) is 10.2 Å². The lowest BCUT2D eigenvalue weighted by Gasteiger charge is -2.28. The number of aromatic nitrogens is 2. The van der Waals surface area contributed by atoms with Gasteiger partial charge in [-0.3, -0.25) is 9.59 Å². The van der Waals surface area contributed by atoms with E-state index in [9.17, 15) is 9.59 Å². The predicted molar refractivity (Wildman–Crippen MR) is 98.4 cm³/mol. The monoisotopic (exact) mass is 379 g/mol. The predicted octanol–water partition coefficient (Wildman–Crippen LogP) is 1.67. The Labute approximate surface area is 153 Å². The zero-order valence-electron chi connectivity index (χ0n) is 13.5. The highest BCUT2D eigenvalue weighted by Crippen LogP contribution is 2.31. The Morgan fingerprint density at radius 3 is 3.12 bits per heavy atom. The molecule has 3 rings (SSSR count). The summed E-state index contributed by atoms with van der Waals surface area (Å²) in [6.07, 6.45) is 0. The molecule has 0 saturated heterocycles. The fraction of sp³-hybridized carbons (Fsp3) is 0.333. The highest BCUT2D eigenvalue weighted by molar-refractivity contribution is 8.01. The van der Waals surface area contributed by atoms with Crippen LogP contribution in [0.15, 0.2) is 28.6 Å². The number of methoxy groups -OCH3 is 1. The van der Waals surface area contributed by atoms with Crippen LogP contribution in [0.4, 0.5) is 16.5 Å². The second-order valence-corrected chi connectivity index (χ2v) is 7.33. The van der Waals surface area contributed by atoms with Crippen LogP contribution < -0.4 is 15.5 Å². The molecule has 8 nitrogen and oxygen atoms in total. The van der Waals surface area contributed by atoms with Gasteiger partial charge in [-0.25, -0.2) is 0 Å². The highest BCUT2D eigenvalue weighted by atomic mass is 32.2. The maximum Gasteiger partial charge on any atom is 0.244 e. The molecule has 2 heterocycles. The van der Waals surface area contributed by atoms with Crippen molar-refractivity contribution in [3.63, 3.8) is 0 Å². The number of fused-ring (bicyclic) bond motifs is 1. The van der Waals surface area contributed by atoms with Crippen LogP contribution in [0.25, 0.3) is 0 Å². The number of hydrogen-bond donors (Lipinski definition) is 2. The van der Waals surface area contributed by atoms with Gasteiger partial charge >= 0.3 is 0 Å². The van der Waals surface area contributed by atoms with E-state index in [0.29, 0.717) is 34.0 Å². The first-order valence-corrected chi connectivity index (χ1v) is 9.36. The standard InChI is InChI=1S/C15H17N5O3S2/c1-23-7-6-16-14-18-19-15(25-14)24-9-13(22)20-8-12(21)17-10-4-2-3-5-11(10)20/h2-5H,6-9H2,1H3,(H,16,18)(H,17,21). The third-order valence-electron chi connectivity index (χ3n) is 3.38. The van der Waals surface area contributed by atoms with Gasteiger partial charge in [0.2, 0.25) is 16.9 Å². The van der Waals surface area contributed by atoms with Gasteiger partial charge in [-0.1, -0.05) is 35.2 Å². The number of nitrogens with zero attached hydrogens (tertiary/aromatic N) is 3. The second-order valence-electron chi connectivity index (χ2n) is 5.13. The average Bonchev–Trinajstić information content (AvgIpc) is 3.07. The summed E-state index contributed by atoms with van der Waals surface area (Å²) in [5.74, 6) is -0.150. The van der Waals surface area contributed by atoms with Crippen molar-refractivity contribution in [2.45, 2.75) is 4.34 Å². The smallest absolute Gasteiger partial charge is 0.244 e. The van der Waals surface area contributed by atoms with Crippen molar-refractivity contribution in [1.29, 1.82) is 0 Å². The van der Waals surface area contributed by atoms with Crippen LogP contribution in [0.2, 0.25) is 0 Å². The minimum absolute atomic E-state index is 0.0242. The summed E-state index contributed by atoms with van der Waals surface area (Å²) in [6.45, 7) is 1.25. The normalized spacial score (nSPS) is 13.3. The molecule has 0 unspecified atom stereocenters. The molecule has 2 aromatic rings. The maximum atomic E-state index is 12.5. The molecule has 0 radical (unpaired) electrons. The van der Waals surface area contributed by atoms with Gasteiger partial charge < -0.3 is 20.3 Å². The van der Waals surface area contributed by atoms with Crippen molar-refractivity contribution in [3.05, 3.63) is 24.3 Å². The van der Waals surface area contributed by atoms with Crippen LogP contribution in [0, 0.1) is 0 Å². The topological polar surface area (TPSA) is 96.4 Å². The Hall–Kier alpha value is -2.17. The quantitative estimate of drug-likeness (QED) is 0.558. The molecular formula is C15H17N5O3S2. The number of amides is 2. The van der Waals surface area contributed by atoms with Crippen LogP contribution >= 0.6 is 23.1 Å². The molecule has 0 fully saturated rings. The first-order valence-electron chi connectivity index (χ1n) is 7.55. The highest BCUT2D eigenvalue weighted by Gasteiger charge is 2.26. The van der Waals surface area contributed by atoms with Gasteiger partial charge in [0.25, 0.3) is 0 Å². The molecule has 0 bridgehead atoms. The molecule has 1 aliphatic heterocycles. The van der Waals surface area contributed by atoms with Gasteiger partial charge in [-0.05, 0) is 12.1 Å². The Morgan fingerprint density at radius 1 is 1.44 bits per heavy atom. The van der Waals surface area contributed by atoms with E-state index >= 15 is 0 Å². The first kappa shape index (κ1) is 17.6. The number of nitrogens with one attached hydrogen (secondary N) is 2. The second kappa shape index (κ2) is 8.28. The third-order valence-corrected chi connectivity index (χ3v) is 5.38. The maximum absolute atomic E-state index is 12.5. The van der Waals surface area contributed by atoms with Crippen LogP contribution in [-0.4, -0.2) is 54.6 Å². The van der Waals surface area contributed by atoms with Crippen molar-refractivity contribution in [3.8, 4) is 0 Å². The average molecular weight is 379 g/mol. The Kier molecular flexibility index (Phi) is 5.84. The molecule has 0 saturated carbocycles. The molecule has 0 aliphatic carbocycles. The number of ether oxygens (including phenoxy) is 1. The molecular weight excluding hydrogens is 362 g/mol. The molecule has 1 aliphatic rings. The first-order chi connectivity index (χ1) is 12.2. The Morgan fingerprint density at radius 2 is 2.28 bits per heavy atom. The van der Waals surface area contributed by atoms with E-state index in [1.165, 1.54) is 28.0 Å². The van der Waals surface area contributed by atoms with E-state index in [1.807, 2.05) is 18.2 Å². The minimum atomic E-state index is -0.197. The molecule has 0 spiro atoms. The third kappa shape index (κ3) is 4.47. The van der Waals surface area contributed by atoms with Gasteiger partial charge in [0.15, 0.2) is 4.34 Å². The number of anilines is 3. The summed E-state index contributed by atoms with van der Waals surface area (Å²) in [5, 5.41) is 14.6. The van der Waals surface area contributed by atoms with E-state index in [0.717, 1.165) is 0 Å². The Bertz CT molecular complexity index is 767. The van der Waals surface area contributed by atoms with Gasteiger partial charge in [0, 0.05) is 13.7 Å². The van der Waals surface area contributed by atoms with E-state index in [4.69, 9.17) is 4.74 Å². The minimum Gasteiger partial charge on any atom is -0.383 e. The fourth-order valence-corrected chi connectivity index (χ4v) is 3.91. The lowest BCUT2D eigenvalue weighted by molar-refractivity contribution is -0.120. The van der Waals surface area contributed by atoms with Crippen molar-refractivity contribution in [2.24, 2.45) is 0 Å². The van der Waals surface area contributed by atoms with E-state index in [1.54, 1.807) is 13.2 Å². The van der Waals surface area contributed by atoms with Crippen LogP contribution in [-0.2, 0) is 14.3 Å². The Balaban J connectivity index is 1.59. The number of para-hydroxylation sites is 2. The van der Waals surface area contributed by atoms with E-state index in [2.05, 4.69) is 20.8 Å². The number of rotatable bonds is 7. The van der Waals surface area contributed by atoms with Crippen molar-refractivity contribution in [2.75, 3.05) is 48.1 Å². The lowest BCUT2D eigenvalue weighted by atomic mass is 10.2. The molecule has 0 atom stereocenters. The van der Waals surface area contributed by atoms with E-state index < -0.39 is 0 Å². The van der Waals surface area contributed by atoms with Gasteiger partial charge in [0.1, 0.15) is 6.54 Å². The number of carbonyl (C=O) groups excluding carboxylic acids is 2. The zero-order chi connectivity index (χ0) is 17.6. The van der Waals surface area contributed by atoms with Crippen molar-refractivity contribution in [1.82, 2.24) is 10.2 Å². The summed E-state index contributed by atoms with van der Waals surface area (Å²) in [4.78, 5) is 25.8. The summed E-state index contributed by atoms with van der Waals surface area (Å²) >= 11 is 2.69. The largest absolute Gasteiger partial charge is 0.383 e. The number of hydrogen-bond acceptors (Lipinski definition) is 8. The molecule has 2 amide bonds.